The van der Waals surface area contributed by atoms with Gasteiger partial charge in [0.25, 0.3) is 0 Å². The Bertz CT molecular complexity index is 771. The smallest absolute Gasteiger partial charge is 0.462 e. The molecular formula is C21H30BNO6. The number of likely N-dealkylation sites (tertiary alicyclic amines) is 1. The van der Waals surface area contributed by atoms with Gasteiger partial charge in [-0.05, 0) is 46.1 Å². The first-order valence-corrected chi connectivity index (χ1v) is 10.4. The summed E-state index contributed by atoms with van der Waals surface area (Å²) in [5.41, 5.74) is 1.19. The average molecular weight is 403 g/mol. The van der Waals surface area contributed by atoms with Crippen molar-refractivity contribution in [3.05, 3.63) is 23.8 Å². The molecule has 4 rings (SSSR count). The van der Waals surface area contributed by atoms with Crippen molar-refractivity contribution >= 4 is 18.7 Å². The van der Waals surface area contributed by atoms with E-state index in [4.69, 9.17) is 23.5 Å². The molecule has 0 atom stereocenters. The second kappa shape index (κ2) is 7.18. The Morgan fingerprint density at radius 1 is 1.14 bits per heavy atom. The quantitative estimate of drug-likeness (QED) is 0.708. The van der Waals surface area contributed by atoms with Crippen LogP contribution in [0.2, 0.25) is 0 Å². The molecule has 3 aliphatic heterocycles. The molecule has 158 valence electrons. The van der Waals surface area contributed by atoms with Crippen LogP contribution in [0, 0.1) is 0 Å². The van der Waals surface area contributed by atoms with Crippen LogP contribution in [0.5, 0.6) is 5.75 Å². The normalized spacial score (nSPS) is 24.2. The number of benzene rings is 1. The van der Waals surface area contributed by atoms with Gasteiger partial charge in [0, 0.05) is 31.5 Å². The van der Waals surface area contributed by atoms with Crippen LogP contribution in [-0.2, 0) is 25.4 Å². The third-order valence-electron chi connectivity index (χ3n) is 6.45. The summed E-state index contributed by atoms with van der Waals surface area (Å²) in [6.45, 7) is 11.9. The van der Waals surface area contributed by atoms with Crippen LogP contribution >= 0.6 is 0 Å². The number of carbonyl (C=O) groups is 1. The molecule has 2 fully saturated rings. The first kappa shape index (κ1) is 20.5. The molecule has 1 aromatic carbocycles. The lowest BCUT2D eigenvalue weighted by Gasteiger charge is -2.43. The maximum atomic E-state index is 11.9. The zero-order valence-electron chi connectivity index (χ0n) is 17.9. The molecular weight excluding hydrogens is 373 g/mol. The minimum Gasteiger partial charge on any atom is -0.462 e. The molecule has 1 amide bonds. The van der Waals surface area contributed by atoms with Crippen molar-refractivity contribution in [2.45, 2.75) is 71.1 Å². The Hall–Kier alpha value is -1.77. The van der Waals surface area contributed by atoms with Gasteiger partial charge in [-0.15, -0.1) is 0 Å². The summed E-state index contributed by atoms with van der Waals surface area (Å²) in [4.78, 5) is 13.6. The van der Waals surface area contributed by atoms with Crippen LogP contribution in [-0.4, -0.2) is 54.8 Å². The second-order valence-electron chi connectivity index (χ2n) is 8.94. The Morgan fingerprint density at radius 2 is 1.79 bits per heavy atom. The molecule has 0 unspecified atom stereocenters. The Balaban J connectivity index is 1.44. The highest BCUT2D eigenvalue weighted by Gasteiger charge is 2.52. The van der Waals surface area contributed by atoms with Gasteiger partial charge in [0.15, 0.2) is 0 Å². The summed E-state index contributed by atoms with van der Waals surface area (Å²) in [6, 6.07) is 6.00. The van der Waals surface area contributed by atoms with Crippen molar-refractivity contribution in [3.63, 3.8) is 0 Å². The number of hydrogen-bond acceptors (Lipinski definition) is 6. The molecule has 0 aromatic heterocycles. The number of ether oxygens (including phenoxy) is 3. The van der Waals surface area contributed by atoms with Gasteiger partial charge in [0.2, 0.25) is 5.79 Å². The second-order valence-corrected chi connectivity index (χ2v) is 8.94. The van der Waals surface area contributed by atoms with E-state index in [0.29, 0.717) is 39.1 Å². The van der Waals surface area contributed by atoms with Gasteiger partial charge in [-0.25, -0.2) is 4.79 Å². The summed E-state index contributed by atoms with van der Waals surface area (Å²) in [5, 5.41) is 0. The third kappa shape index (κ3) is 3.73. The maximum Gasteiger partial charge on any atom is 0.494 e. The van der Waals surface area contributed by atoms with E-state index in [9.17, 15) is 4.79 Å². The molecule has 0 saturated carbocycles. The summed E-state index contributed by atoms with van der Waals surface area (Å²) in [7, 11) is -0.408. The standard InChI is InChI=1S/C21H30BNO6/c1-6-25-18(24)23-11-9-21(10-12-23)26-14-15-13-16(7-8-17(15)27-21)22-28-19(2,3)20(4,5)29-22/h7-8,13H,6,9-12,14H2,1-5H3. The zero-order valence-corrected chi connectivity index (χ0v) is 17.9. The minimum atomic E-state index is -0.679. The lowest BCUT2D eigenvalue weighted by molar-refractivity contribution is -0.226. The number of rotatable bonds is 2. The molecule has 7 nitrogen and oxygen atoms in total. The van der Waals surface area contributed by atoms with E-state index in [0.717, 1.165) is 16.8 Å². The van der Waals surface area contributed by atoms with Crippen LogP contribution in [0.15, 0.2) is 18.2 Å². The lowest BCUT2D eigenvalue weighted by atomic mass is 9.78. The van der Waals surface area contributed by atoms with Crippen molar-refractivity contribution in [2.24, 2.45) is 0 Å². The van der Waals surface area contributed by atoms with E-state index in [1.54, 1.807) is 4.90 Å². The number of nitrogens with zero attached hydrogens (tertiary/aromatic N) is 1. The fraction of sp³-hybridized carbons (Fsp3) is 0.667. The van der Waals surface area contributed by atoms with E-state index in [1.807, 2.05) is 52.8 Å². The number of piperidine rings is 1. The molecule has 29 heavy (non-hydrogen) atoms. The molecule has 0 radical (unpaired) electrons. The van der Waals surface area contributed by atoms with Gasteiger partial charge in [0.05, 0.1) is 24.4 Å². The molecule has 0 N–H and O–H groups in total. The third-order valence-corrected chi connectivity index (χ3v) is 6.45. The average Bonchev–Trinajstić information content (AvgIpc) is 2.89. The van der Waals surface area contributed by atoms with Crippen molar-refractivity contribution in [1.29, 1.82) is 0 Å². The van der Waals surface area contributed by atoms with Gasteiger partial charge in [0.1, 0.15) is 5.75 Å². The first-order chi connectivity index (χ1) is 13.6. The molecule has 3 heterocycles. The maximum absolute atomic E-state index is 11.9. The van der Waals surface area contributed by atoms with E-state index in [1.165, 1.54) is 0 Å². The van der Waals surface area contributed by atoms with Crippen LogP contribution in [0.1, 0.15) is 53.0 Å². The molecule has 2 saturated heterocycles. The first-order valence-electron chi connectivity index (χ1n) is 10.4. The minimum absolute atomic E-state index is 0.273. The van der Waals surface area contributed by atoms with Gasteiger partial charge in [-0.2, -0.15) is 0 Å². The number of fused-ring (bicyclic) bond motifs is 1. The Kier molecular flexibility index (Phi) is 5.08. The van der Waals surface area contributed by atoms with Crippen LogP contribution in [0.4, 0.5) is 4.79 Å². The topological polar surface area (TPSA) is 66.5 Å². The zero-order chi connectivity index (χ0) is 20.9. The SMILES string of the molecule is CCOC(=O)N1CCC2(CC1)OCc1cc(B3OC(C)(C)C(C)(C)O3)ccc1O2. The highest BCUT2D eigenvalue weighted by atomic mass is 16.7. The molecule has 1 aromatic rings. The van der Waals surface area contributed by atoms with Gasteiger partial charge in [-0.1, -0.05) is 12.1 Å². The fourth-order valence-corrected chi connectivity index (χ4v) is 3.87. The van der Waals surface area contributed by atoms with Crippen molar-refractivity contribution in [3.8, 4) is 5.75 Å². The Morgan fingerprint density at radius 3 is 2.41 bits per heavy atom. The van der Waals surface area contributed by atoms with Gasteiger partial charge in [-0.3, -0.25) is 0 Å². The highest BCUT2D eigenvalue weighted by molar-refractivity contribution is 6.62. The molecule has 0 aliphatic carbocycles. The van der Waals surface area contributed by atoms with Crippen LogP contribution < -0.4 is 10.2 Å². The van der Waals surface area contributed by atoms with Gasteiger partial charge >= 0.3 is 13.2 Å². The van der Waals surface area contributed by atoms with Crippen LogP contribution in [0.3, 0.4) is 0 Å². The number of hydrogen-bond donors (Lipinski definition) is 0. The Labute approximate surface area is 172 Å². The molecule has 0 bridgehead atoms. The summed E-state index contributed by atoms with van der Waals surface area (Å²) in [5.74, 6) is 0.142. The molecule has 8 heteroatoms. The fourth-order valence-electron chi connectivity index (χ4n) is 3.87. The summed E-state index contributed by atoms with van der Waals surface area (Å²) < 4.78 is 29.8. The van der Waals surface area contributed by atoms with E-state index >= 15 is 0 Å². The van der Waals surface area contributed by atoms with Crippen LogP contribution in [0.25, 0.3) is 0 Å². The predicted molar refractivity (Wildman–Crippen MR) is 108 cm³/mol. The van der Waals surface area contributed by atoms with E-state index < -0.39 is 12.9 Å². The number of amides is 1. The number of carbonyl (C=O) groups excluding carboxylic acids is 1. The van der Waals surface area contributed by atoms with E-state index in [2.05, 4.69) is 0 Å². The highest BCUT2D eigenvalue weighted by Crippen LogP contribution is 2.39. The van der Waals surface area contributed by atoms with Crippen molar-refractivity contribution in [2.75, 3.05) is 19.7 Å². The summed E-state index contributed by atoms with van der Waals surface area (Å²) >= 11 is 0. The summed E-state index contributed by atoms with van der Waals surface area (Å²) in [6.07, 6.45) is 0.958. The van der Waals surface area contributed by atoms with Crippen molar-refractivity contribution < 1.29 is 28.3 Å². The monoisotopic (exact) mass is 403 g/mol. The predicted octanol–water partition coefficient (Wildman–Crippen LogP) is 2.84. The lowest BCUT2D eigenvalue weighted by Crippen LogP contribution is -2.52. The van der Waals surface area contributed by atoms with Gasteiger partial charge < -0.3 is 28.4 Å². The molecule has 1 spiro atoms. The molecule has 3 aliphatic rings. The van der Waals surface area contributed by atoms with Crippen molar-refractivity contribution in [1.82, 2.24) is 4.90 Å². The van der Waals surface area contributed by atoms with E-state index in [-0.39, 0.29) is 17.3 Å². The largest absolute Gasteiger partial charge is 0.494 e.